The van der Waals surface area contributed by atoms with Crippen LogP contribution in [0, 0.1) is 0 Å². The largest absolute Gasteiger partial charge is 0.394 e. The number of morpholine rings is 1. The zero-order valence-corrected chi connectivity index (χ0v) is 7.83. The van der Waals surface area contributed by atoms with Crippen LogP contribution < -0.4 is 4.90 Å². The smallest absolute Gasteiger partial charge is 0.266 e. The van der Waals surface area contributed by atoms with Crippen molar-refractivity contribution >= 4 is 5.95 Å². The second kappa shape index (κ2) is 4.34. The molecule has 2 rings (SSSR count). The standard InChI is InChI=1S/C7H13N5O2/c13-4-1-12-9-7(8-10-12)11-2-5-14-6-3-11/h13H,1-6H2. The molecule has 1 N–H and O–H groups in total. The minimum atomic E-state index is 0.0267. The molecule has 0 atom stereocenters. The molecule has 7 nitrogen and oxygen atoms in total. The van der Waals surface area contributed by atoms with Crippen LogP contribution in [0.15, 0.2) is 0 Å². The fraction of sp³-hybridized carbons (Fsp3) is 0.857. The highest BCUT2D eigenvalue weighted by Crippen LogP contribution is 2.06. The maximum Gasteiger partial charge on any atom is 0.266 e. The van der Waals surface area contributed by atoms with E-state index in [1.807, 2.05) is 4.90 Å². The molecule has 1 aromatic heterocycles. The van der Waals surface area contributed by atoms with Crippen molar-refractivity contribution < 1.29 is 9.84 Å². The average molecular weight is 199 g/mol. The van der Waals surface area contributed by atoms with Gasteiger partial charge in [-0.1, -0.05) is 5.10 Å². The molecule has 14 heavy (non-hydrogen) atoms. The number of hydrogen-bond donors (Lipinski definition) is 1. The van der Waals surface area contributed by atoms with Crippen molar-refractivity contribution in [2.45, 2.75) is 6.54 Å². The van der Waals surface area contributed by atoms with Crippen molar-refractivity contribution in [3.63, 3.8) is 0 Å². The summed E-state index contributed by atoms with van der Waals surface area (Å²) < 4.78 is 5.21. The summed E-state index contributed by atoms with van der Waals surface area (Å²) in [6, 6.07) is 0. The first-order valence-corrected chi connectivity index (χ1v) is 4.61. The molecule has 0 aliphatic carbocycles. The summed E-state index contributed by atoms with van der Waals surface area (Å²) in [6.45, 7) is 3.41. The first kappa shape index (κ1) is 9.35. The summed E-state index contributed by atoms with van der Waals surface area (Å²) in [5, 5.41) is 20.5. The number of aliphatic hydroxyl groups is 1. The van der Waals surface area contributed by atoms with Gasteiger partial charge in [0, 0.05) is 13.1 Å². The summed E-state index contributed by atoms with van der Waals surface area (Å²) >= 11 is 0. The molecule has 1 aliphatic heterocycles. The SMILES string of the molecule is OCCn1nnc(N2CCOCC2)n1. The van der Waals surface area contributed by atoms with Crippen LogP contribution in [0.1, 0.15) is 0 Å². The van der Waals surface area contributed by atoms with E-state index in [9.17, 15) is 0 Å². The highest BCUT2D eigenvalue weighted by Gasteiger charge is 2.15. The number of aromatic nitrogens is 4. The van der Waals surface area contributed by atoms with E-state index in [1.165, 1.54) is 4.80 Å². The third-order valence-corrected chi connectivity index (χ3v) is 2.04. The molecule has 0 bridgehead atoms. The molecule has 0 aromatic carbocycles. The van der Waals surface area contributed by atoms with Crippen LogP contribution in [0.5, 0.6) is 0 Å². The van der Waals surface area contributed by atoms with Gasteiger partial charge >= 0.3 is 0 Å². The predicted octanol–water partition coefficient (Wildman–Crippen LogP) is -1.50. The van der Waals surface area contributed by atoms with Crippen molar-refractivity contribution in [2.24, 2.45) is 0 Å². The van der Waals surface area contributed by atoms with Crippen LogP contribution in [-0.2, 0) is 11.3 Å². The minimum Gasteiger partial charge on any atom is -0.394 e. The van der Waals surface area contributed by atoms with E-state index in [2.05, 4.69) is 15.4 Å². The zero-order valence-electron chi connectivity index (χ0n) is 7.83. The van der Waals surface area contributed by atoms with Crippen molar-refractivity contribution in [1.29, 1.82) is 0 Å². The Kier molecular flexibility index (Phi) is 2.90. The van der Waals surface area contributed by atoms with Crippen LogP contribution in [0.2, 0.25) is 0 Å². The molecule has 0 unspecified atom stereocenters. The fourth-order valence-corrected chi connectivity index (χ4v) is 1.31. The molecule has 1 aliphatic rings. The maximum atomic E-state index is 8.68. The highest BCUT2D eigenvalue weighted by molar-refractivity contribution is 5.26. The molecule has 0 radical (unpaired) electrons. The first-order chi connectivity index (χ1) is 6.90. The van der Waals surface area contributed by atoms with E-state index >= 15 is 0 Å². The normalized spacial score (nSPS) is 17.4. The number of nitrogens with zero attached hydrogens (tertiary/aromatic N) is 5. The Bertz CT molecular complexity index is 283. The number of hydrogen-bond acceptors (Lipinski definition) is 6. The van der Waals surface area contributed by atoms with Crippen LogP contribution in [0.3, 0.4) is 0 Å². The summed E-state index contributed by atoms with van der Waals surface area (Å²) in [7, 11) is 0. The Morgan fingerprint density at radius 1 is 1.36 bits per heavy atom. The van der Waals surface area contributed by atoms with Gasteiger partial charge in [0.15, 0.2) is 0 Å². The summed E-state index contributed by atoms with van der Waals surface area (Å²) in [4.78, 5) is 3.41. The van der Waals surface area contributed by atoms with E-state index in [1.54, 1.807) is 0 Å². The molecular weight excluding hydrogens is 186 g/mol. The molecule has 1 saturated heterocycles. The quantitative estimate of drug-likeness (QED) is 0.638. The molecule has 1 aromatic rings. The van der Waals surface area contributed by atoms with Gasteiger partial charge in [-0.25, -0.2) is 0 Å². The van der Waals surface area contributed by atoms with Gasteiger partial charge < -0.3 is 14.7 Å². The molecule has 7 heteroatoms. The van der Waals surface area contributed by atoms with Crippen LogP contribution >= 0.6 is 0 Å². The Labute approximate surface area is 81.3 Å². The van der Waals surface area contributed by atoms with E-state index in [-0.39, 0.29) is 6.61 Å². The Morgan fingerprint density at radius 2 is 2.14 bits per heavy atom. The number of rotatable bonds is 3. The predicted molar refractivity (Wildman–Crippen MR) is 47.9 cm³/mol. The molecule has 0 saturated carbocycles. The van der Waals surface area contributed by atoms with Gasteiger partial charge in [0.1, 0.15) is 0 Å². The van der Waals surface area contributed by atoms with Gasteiger partial charge in [-0.2, -0.15) is 4.80 Å². The second-order valence-electron chi connectivity index (χ2n) is 3.01. The third kappa shape index (κ3) is 1.99. The molecular formula is C7H13N5O2. The van der Waals surface area contributed by atoms with Gasteiger partial charge in [-0.05, 0) is 5.21 Å². The molecule has 0 spiro atoms. The summed E-state index contributed by atoms with van der Waals surface area (Å²) in [6.07, 6.45) is 0. The summed E-state index contributed by atoms with van der Waals surface area (Å²) in [5.41, 5.74) is 0. The molecule has 1 fully saturated rings. The van der Waals surface area contributed by atoms with Crippen LogP contribution in [-0.4, -0.2) is 58.2 Å². The van der Waals surface area contributed by atoms with Crippen molar-refractivity contribution in [1.82, 2.24) is 20.2 Å². The summed E-state index contributed by atoms with van der Waals surface area (Å²) in [5.74, 6) is 0.613. The van der Waals surface area contributed by atoms with E-state index in [0.29, 0.717) is 25.7 Å². The van der Waals surface area contributed by atoms with Gasteiger partial charge in [0.2, 0.25) is 0 Å². The van der Waals surface area contributed by atoms with E-state index in [0.717, 1.165) is 13.1 Å². The van der Waals surface area contributed by atoms with Crippen molar-refractivity contribution in [2.75, 3.05) is 37.8 Å². The van der Waals surface area contributed by atoms with Crippen molar-refractivity contribution in [3.8, 4) is 0 Å². The lowest BCUT2D eigenvalue weighted by Crippen LogP contribution is -2.37. The van der Waals surface area contributed by atoms with Gasteiger partial charge in [0.05, 0.1) is 26.4 Å². The number of aliphatic hydroxyl groups excluding tert-OH is 1. The molecule has 0 amide bonds. The van der Waals surface area contributed by atoms with Crippen LogP contribution in [0.4, 0.5) is 5.95 Å². The number of tetrazole rings is 1. The monoisotopic (exact) mass is 199 g/mol. The minimum absolute atomic E-state index is 0.0267. The highest BCUT2D eigenvalue weighted by atomic mass is 16.5. The fourth-order valence-electron chi connectivity index (χ4n) is 1.31. The number of ether oxygens (including phenoxy) is 1. The second-order valence-corrected chi connectivity index (χ2v) is 3.01. The van der Waals surface area contributed by atoms with Gasteiger partial charge in [0.25, 0.3) is 5.95 Å². The molecule has 2 heterocycles. The average Bonchev–Trinajstić information content (AvgIpc) is 2.68. The number of anilines is 1. The Balaban J connectivity index is 2.00. The third-order valence-electron chi connectivity index (χ3n) is 2.04. The lowest BCUT2D eigenvalue weighted by atomic mass is 10.4. The lowest BCUT2D eigenvalue weighted by molar-refractivity contribution is 0.122. The van der Waals surface area contributed by atoms with Gasteiger partial charge in [-0.15, -0.1) is 5.10 Å². The van der Waals surface area contributed by atoms with E-state index < -0.39 is 0 Å². The Hall–Kier alpha value is -1.21. The zero-order chi connectivity index (χ0) is 9.80. The molecule has 78 valence electrons. The lowest BCUT2D eigenvalue weighted by Gasteiger charge is -2.24. The topological polar surface area (TPSA) is 76.3 Å². The first-order valence-electron chi connectivity index (χ1n) is 4.61. The van der Waals surface area contributed by atoms with Crippen LogP contribution in [0.25, 0.3) is 0 Å². The van der Waals surface area contributed by atoms with Crippen molar-refractivity contribution in [3.05, 3.63) is 0 Å². The Morgan fingerprint density at radius 3 is 2.86 bits per heavy atom. The van der Waals surface area contributed by atoms with E-state index in [4.69, 9.17) is 9.84 Å². The van der Waals surface area contributed by atoms with Gasteiger partial charge in [-0.3, -0.25) is 0 Å². The maximum absolute atomic E-state index is 8.68.